The second kappa shape index (κ2) is 8.33. The van der Waals surface area contributed by atoms with Gasteiger partial charge in [0.05, 0.1) is 11.3 Å². The first-order valence-electron chi connectivity index (χ1n) is 9.72. The largest absolute Gasteiger partial charge is 0.489 e. The second-order valence-corrected chi connectivity index (χ2v) is 7.26. The van der Waals surface area contributed by atoms with E-state index in [4.69, 9.17) is 4.74 Å². The van der Waals surface area contributed by atoms with Crippen LogP contribution in [0.1, 0.15) is 16.7 Å². The minimum Gasteiger partial charge on any atom is -0.489 e. The van der Waals surface area contributed by atoms with Gasteiger partial charge in [0, 0.05) is 12.6 Å². The SMILES string of the molecule is Cc1cccc(-n2nnn(C)c2=O)c1COc1cccc(-c2ccc(C(F)(F)F)cc2)c1. The van der Waals surface area contributed by atoms with Gasteiger partial charge in [0.2, 0.25) is 0 Å². The highest BCUT2D eigenvalue weighted by molar-refractivity contribution is 5.65. The van der Waals surface area contributed by atoms with Gasteiger partial charge in [0.15, 0.2) is 0 Å². The van der Waals surface area contributed by atoms with Gasteiger partial charge in [-0.25, -0.2) is 4.79 Å². The van der Waals surface area contributed by atoms with Crippen LogP contribution < -0.4 is 10.4 Å². The number of hydrogen-bond acceptors (Lipinski definition) is 4. The van der Waals surface area contributed by atoms with Crippen molar-refractivity contribution in [2.45, 2.75) is 19.7 Å². The Morgan fingerprint density at radius 2 is 1.66 bits per heavy atom. The molecule has 4 rings (SSSR count). The van der Waals surface area contributed by atoms with Crippen LogP contribution in [0.15, 0.2) is 71.5 Å². The average molecular weight is 440 g/mol. The van der Waals surface area contributed by atoms with Gasteiger partial charge in [0.25, 0.3) is 0 Å². The molecule has 164 valence electrons. The molecule has 9 heteroatoms. The Kier molecular flexibility index (Phi) is 5.56. The number of aryl methyl sites for hydroxylation is 2. The summed E-state index contributed by atoms with van der Waals surface area (Å²) in [7, 11) is 1.52. The first-order chi connectivity index (χ1) is 15.2. The molecule has 3 aromatic carbocycles. The van der Waals surface area contributed by atoms with E-state index in [1.54, 1.807) is 30.3 Å². The van der Waals surface area contributed by atoms with Crippen molar-refractivity contribution in [1.82, 2.24) is 19.8 Å². The van der Waals surface area contributed by atoms with Gasteiger partial charge in [-0.05, 0) is 64.4 Å². The third-order valence-corrected chi connectivity index (χ3v) is 5.10. The van der Waals surface area contributed by atoms with E-state index < -0.39 is 11.7 Å². The summed E-state index contributed by atoms with van der Waals surface area (Å²) in [6.07, 6.45) is -4.38. The summed E-state index contributed by atoms with van der Waals surface area (Å²) >= 11 is 0. The first-order valence-corrected chi connectivity index (χ1v) is 9.72. The van der Waals surface area contributed by atoms with Crippen molar-refractivity contribution in [1.29, 1.82) is 0 Å². The molecule has 0 aliphatic heterocycles. The number of hydrogen-bond donors (Lipinski definition) is 0. The van der Waals surface area contributed by atoms with E-state index in [1.807, 2.05) is 19.1 Å². The molecule has 0 saturated heterocycles. The summed E-state index contributed by atoms with van der Waals surface area (Å²) in [5, 5.41) is 7.66. The quantitative estimate of drug-likeness (QED) is 0.457. The maximum atomic E-state index is 12.8. The zero-order valence-corrected chi connectivity index (χ0v) is 17.3. The molecule has 1 aromatic heterocycles. The lowest BCUT2D eigenvalue weighted by Crippen LogP contribution is -2.23. The summed E-state index contributed by atoms with van der Waals surface area (Å²) in [6, 6.07) is 17.6. The molecule has 0 aliphatic rings. The van der Waals surface area contributed by atoms with Crippen molar-refractivity contribution in [3.63, 3.8) is 0 Å². The highest BCUT2D eigenvalue weighted by Gasteiger charge is 2.30. The molecule has 0 N–H and O–H groups in total. The molecule has 0 radical (unpaired) electrons. The van der Waals surface area contributed by atoms with Crippen LogP contribution in [0.5, 0.6) is 5.75 Å². The molecule has 0 saturated carbocycles. The molecule has 0 fully saturated rings. The predicted octanol–water partition coefficient (Wildman–Crippen LogP) is 4.54. The highest BCUT2D eigenvalue weighted by atomic mass is 19.4. The minimum absolute atomic E-state index is 0.168. The number of nitrogens with zero attached hydrogens (tertiary/aromatic N) is 4. The summed E-state index contributed by atoms with van der Waals surface area (Å²) < 4.78 is 46.8. The molecule has 0 amide bonds. The molecule has 0 bridgehead atoms. The molecule has 0 unspecified atom stereocenters. The molecule has 0 atom stereocenters. The van der Waals surface area contributed by atoms with Crippen LogP contribution in [-0.4, -0.2) is 19.8 Å². The fourth-order valence-electron chi connectivity index (χ4n) is 3.31. The molecular formula is C23H19F3N4O2. The van der Waals surface area contributed by atoms with E-state index in [9.17, 15) is 18.0 Å². The molecule has 0 spiro atoms. The van der Waals surface area contributed by atoms with Crippen molar-refractivity contribution >= 4 is 0 Å². The zero-order valence-electron chi connectivity index (χ0n) is 17.3. The van der Waals surface area contributed by atoms with E-state index in [0.29, 0.717) is 17.0 Å². The Labute approximate surface area is 181 Å². The Balaban J connectivity index is 1.58. The van der Waals surface area contributed by atoms with E-state index >= 15 is 0 Å². The minimum atomic E-state index is -4.38. The van der Waals surface area contributed by atoms with Crippen molar-refractivity contribution in [3.05, 3.63) is 93.9 Å². The summed E-state index contributed by atoms with van der Waals surface area (Å²) in [5.74, 6) is 0.545. The number of halogens is 3. The Morgan fingerprint density at radius 3 is 2.31 bits per heavy atom. The molecule has 0 aliphatic carbocycles. The highest BCUT2D eigenvalue weighted by Crippen LogP contribution is 2.32. The Hall–Kier alpha value is -3.88. The fourth-order valence-corrected chi connectivity index (χ4v) is 3.31. The molecule has 1 heterocycles. The first kappa shape index (κ1) is 21.4. The Morgan fingerprint density at radius 1 is 0.938 bits per heavy atom. The van der Waals surface area contributed by atoms with Crippen LogP contribution >= 0.6 is 0 Å². The van der Waals surface area contributed by atoms with Crippen LogP contribution in [0, 0.1) is 6.92 Å². The maximum Gasteiger partial charge on any atom is 0.416 e. The maximum absolute atomic E-state index is 12.8. The smallest absolute Gasteiger partial charge is 0.416 e. The molecular weight excluding hydrogens is 421 g/mol. The van der Waals surface area contributed by atoms with E-state index in [-0.39, 0.29) is 12.3 Å². The van der Waals surface area contributed by atoms with Gasteiger partial charge in [-0.15, -0.1) is 0 Å². The average Bonchev–Trinajstić information content (AvgIpc) is 3.10. The third-order valence-electron chi connectivity index (χ3n) is 5.10. The lowest BCUT2D eigenvalue weighted by atomic mass is 10.0. The third kappa shape index (κ3) is 4.27. The fraction of sp³-hybridized carbons (Fsp3) is 0.174. The van der Waals surface area contributed by atoms with Crippen molar-refractivity contribution < 1.29 is 17.9 Å². The summed E-state index contributed by atoms with van der Waals surface area (Å²) in [4.78, 5) is 12.3. The van der Waals surface area contributed by atoms with Gasteiger partial charge in [-0.1, -0.05) is 36.4 Å². The zero-order chi connectivity index (χ0) is 22.9. The molecule has 32 heavy (non-hydrogen) atoms. The van der Waals surface area contributed by atoms with Gasteiger partial charge >= 0.3 is 11.9 Å². The van der Waals surface area contributed by atoms with Crippen molar-refractivity contribution in [2.24, 2.45) is 7.05 Å². The standard InChI is InChI=1S/C23H19F3N4O2/c1-15-5-3-8-21(30-22(31)29(2)27-28-30)20(15)14-32-19-7-4-6-17(13-19)16-9-11-18(12-10-16)23(24,25)26/h3-13H,14H2,1-2H3. The predicted molar refractivity (Wildman–Crippen MR) is 113 cm³/mol. The van der Waals surface area contributed by atoms with Gasteiger partial charge in [0.1, 0.15) is 12.4 Å². The summed E-state index contributed by atoms with van der Waals surface area (Å²) in [6.45, 7) is 2.07. The van der Waals surface area contributed by atoms with Crippen molar-refractivity contribution in [2.75, 3.05) is 0 Å². The second-order valence-electron chi connectivity index (χ2n) is 7.26. The molecule has 6 nitrogen and oxygen atoms in total. The van der Waals surface area contributed by atoms with Crippen LogP contribution in [0.4, 0.5) is 13.2 Å². The summed E-state index contributed by atoms with van der Waals surface area (Å²) in [5.41, 5.74) is 2.56. The number of rotatable bonds is 5. The van der Waals surface area contributed by atoms with Gasteiger partial charge < -0.3 is 4.74 Å². The van der Waals surface area contributed by atoms with Gasteiger partial charge in [-0.3, -0.25) is 0 Å². The monoisotopic (exact) mass is 440 g/mol. The number of ether oxygens (including phenoxy) is 1. The number of alkyl halides is 3. The van der Waals surface area contributed by atoms with E-state index in [1.165, 1.54) is 23.9 Å². The normalized spacial score (nSPS) is 11.5. The van der Waals surface area contributed by atoms with Crippen LogP contribution in [0.3, 0.4) is 0 Å². The van der Waals surface area contributed by atoms with E-state index in [2.05, 4.69) is 10.4 Å². The Bertz CT molecular complexity index is 1310. The van der Waals surface area contributed by atoms with Crippen LogP contribution in [0.2, 0.25) is 0 Å². The number of tetrazole rings is 1. The topological polar surface area (TPSA) is 61.9 Å². The van der Waals surface area contributed by atoms with Crippen LogP contribution in [0.25, 0.3) is 16.8 Å². The number of aromatic nitrogens is 4. The lowest BCUT2D eigenvalue weighted by molar-refractivity contribution is -0.137. The lowest BCUT2D eigenvalue weighted by Gasteiger charge is -2.14. The molecule has 4 aromatic rings. The number of benzene rings is 3. The van der Waals surface area contributed by atoms with Gasteiger partial charge in [-0.2, -0.15) is 22.5 Å². The van der Waals surface area contributed by atoms with Crippen molar-refractivity contribution in [3.8, 4) is 22.6 Å². The van der Waals surface area contributed by atoms with E-state index in [0.717, 1.165) is 33.5 Å². The van der Waals surface area contributed by atoms with Crippen LogP contribution in [-0.2, 0) is 19.8 Å².